The summed E-state index contributed by atoms with van der Waals surface area (Å²) in [6.07, 6.45) is 1.57. The molecule has 19 heavy (non-hydrogen) atoms. The molecule has 1 aliphatic rings. The minimum Gasteiger partial charge on any atom is -0.481 e. The van der Waals surface area contributed by atoms with E-state index in [2.05, 4.69) is 4.99 Å². The third-order valence-corrected chi connectivity index (χ3v) is 4.53. The van der Waals surface area contributed by atoms with Gasteiger partial charge in [0.1, 0.15) is 6.29 Å². The van der Waals surface area contributed by atoms with Crippen molar-refractivity contribution in [2.45, 2.75) is 25.3 Å². The van der Waals surface area contributed by atoms with E-state index in [-0.39, 0.29) is 6.42 Å². The lowest BCUT2D eigenvalue weighted by Gasteiger charge is -2.20. The van der Waals surface area contributed by atoms with Crippen molar-refractivity contribution in [3.8, 4) is 0 Å². The van der Waals surface area contributed by atoms with E-state index in [1.165, 1.54) is 0 Å². The summed E-state index contributed by atoms with van der Waals surface area (Å²) in [6.45, 7) is 1.96. The van der Waals surface area contributed by atoms with Crippen molar-refractivity contribution in [2.24, 2.45) is 4.99 Å². The Morgan fingerprint density at radius 1 is 1.47 bits per heavy atom. The normalized spacial score (nSPS) is 22.1. The Bertz CT molecular complexity index is 524. The molecule has 0 amide bonds. The number of thioether (sulfide) groups is 1. The van der Waals surface area contributed by atoms with Crippen molar-refractivity contribution in [1.82, 2.24) is 0 Å². The number of carbonyl (C=O) groups is 2. The maximum absolute atomic E-state index is 10.9. The molecule has 0 radical (unpaired) electrons. The molecular weight excluding hydrogens is 262 g/mol. The predicted octanol–water partition coefficient (Wildman–Crippen LogP) is 2.62. The number of carboxylic acid groups (broad SMARTS) is 1. The van der Waals surface area contributed by atoms with E-state index >= 15 is 0 Å². The van der Waals surface area contributed by atoms with Gasteiger partial charge in [-0.15, -0.1) is 11.8 Å². The fraction of sp³-hybridized carbons (Fsp3) is 0.357. The first-order valence-corrected chi connectivity index (χ1v) is 7.07. The average molecular weight is 277 g/mol. The van der Waals surface area contributed by atoms with Crippen LogP contribution in [-0.4, -0.2) is 33.7 Å². The van der Waals surface area contributed by atoms with Gasteiger partial charge in [0.25, 0.3) is 0 Å². The van der Waals surface area contributed by atoms with Crippen LogP contribution >= 0.6 is 11.8 Å². The minimum absolute atomic E-state index is 0.0619. The molecule has 0 saturated heterocycles. The van der Waals surface area contributed by atoms with Crippen LogP contribution in [0.3, 0.4) is 0 Å². The van der Waals surface area contributed by atoms with E-state index < -0.39 is 11.5 Å². The molecule has 100 valence electrons. The number of aldehydes is 1. The quantitative estimate of drug-likeness (QED) is 0.840. The van der Waals surface area contributed by atoms with Gasteiger partial charge in [-0.05, 0) is 6.42 Å². The summed E-state index contributed by atoms with van der Waals surface area (Å²) >= 11 is 1.58. The van der Waals surface area contributed by atoms with Crippen molar-refractivity contribution in [1.29, 1.82) is 0 Å². The molecule has 1 aliphatic heterocycles. The van der Waals surface area contributed by atoms with Gasteiger partial charge in [-0.3, -0.25) is 14.6 Å². The highest BCUT2D eigenvalue weighted by Crippen LogP contribution is 2.35. The maximum atomic E-state index is 10.9. The molecule has 0 aromatic heterocycles. The largest absolute Gasteiger partial charge is 0.481 e. The van der Waals surface area contributed by atoms with E-state index in [0.29, 0.717) is 17.7 Å². The van der Waals surface area contributed by atoms with Crippen molar-refractivity contribution >= 4 is 29.1 Å². The highest BCUT2D eigenvalue weighted by Gasteiger charge is 2.36. The van der Waals surface area contributed by atoms with Gasteiger partial charge >= 0.3 is 5.97 Å². The van der Waals surface area contributed by atoms with Gasteiger partial charge in [0.15, 0.2) is 0 Å². The molecule has 1 aromatic rings. The Kier molecular flexibility index (Phi) is 4.04. The lowest BCUT2D eigenvalue weighted by atomic mass is 9.95. The van der Waals surface area contributed by atoms with Gasteiger partial charge in [-0.2, -0.15) is 0 Å². The topological polar surface area (TPSA) is 66.7 Å². The molecule has 0 spiro atoms. The number of hydrogen-bond donors (Lipinski definition) is 1. The number of nitrogens with zero attached hydrogens (tertiary/aromatic N) is 1. The zero-order valence-corrected chi connectivity index (χ0v) is 11.4. The van der Waals surface area contributed by atoms with Crippen molar-refractivity contribution in [3.63, 3.8) is 0 Å². The Hall–Kier alpha value is -1.62. The van der Waals surface area contributed by atoms with E-state index in [1.807, 2.05) is 19.1 Å². The van der Waals surface area contributed by atoms with E-state index in [1.54, 1.807) is 23.9 Å². The SMILES string of the molecule is CCC1(CC(=O)O)CSC(c2ccc(C=O)cc2)=N1. The highest BCUT2D eigenvalue weighted by atomic mass is 32.2. The van der Waals surface area contributed by atoms with Gasteiger partial charge in [0.2, 0.25) is 0 Å². The predicted molar refractivity (Wildman–Crippen MR) is 76.1 cm³/mol. The van der Waals surface area contributed by atoms with E-state index in [0.717, 1.165) is 16.9 Å². The third-order valence-electron chi connectivity index (χ3n) is 3.25. The van der Waals surface area contributed by atoms with Crippen LogP contribution in [0.15, 0.2) is 29.3 Å². The maximum Gasteiger partial charge on any atom is 0.305 e. The molecule has 1 atom stereocenters. The number of aliphatic carboxylic acids is 1. The van der Waals surface area contributed by atoms with Crippen molar-refractivity contribution < 1.29 is 14.7 Å². The van der Waals surface area contributed by atoms with Crippen LogP contribution < -0.4 is 0 Å². The zero-order chi connectivity index (χ0) is 13.9. The average Bonchev–Trinajstić information content (AvgIpc) is 2.83. The summed E-state index contributed by atoms with van der Waals surface area (Å²) in [6, 6.07) is 7.19. The molecule has 0 bridgehead atoms. The molecular formula is C14H15NO3S. The smallest absolute Gasteiger partial charge is 0.305 e. The summed E-state index contributed by atoms with van der Waals surface area (Å²) in [5.41, 5.74) is 1.07. The van der Waals surface area contributed by atoms with Gasteiger partial charge < -0.3 is 5.11 Å². The van der Waals surface area contributed by atoms with E-state index in [4.69, 9.17) is 5.11 Å². The Balaban J connectivity index is 2.25. The molecule has 1 aromatic carbocycles. The number of carbonyl (C=O) groups excluding carboxylic acids is 1. The van der Waals surface area contributed by atoms with Crippen molar-refractivity contribution in [2.75, 3.05) is 5.75 Å². The zero-order valence-electron chi connectivity index (χ0n) is 10.6. The molecule has 0 saturated carbocycles. The van der Waals surface area contributed by atoms with E-state index in [9.17, 15) is 9.59 Å². The summed E-state index contributed by atoms with van der Waals surface area (Å²) in [5.74, 6) is -0.121. The second kappa shape index (κ2) is 5.57. The molecule has 2 rings (SSSR count). The summed E-state index contributed by atoms with van der Waals surface area (Å²) in [4.78, 5) is 26.2. The number of rotatable bonds is 5. The summed E-state index contributed by atoms with van der Waals surface area (Å²) < 4.78 is 0. The number of hydrogen-bond acceptors (Lipinski definition) is 4. The fourth-order valence-corrected chi connectivity index (χ4v) is 3.35. The number of aliphatic imine (C=N–C) groups is 1. The molecule has 1 unspecified atom stereocenters. The lowest BCUT2D eigenvalue weighted by molar-refractivity contribution is -0.138. The first-order valence-electron chi connectivity index (χ1n) is 6.08. The van der Waals surface area contributed by atoms with Crippen LogP contribution in [0, 0.1) is 0 Å². The Morgan fingerprint density at radius 3 is 2.68 bits per heavy atom. The van der Waals surface area contributed by atoms with Crippen LogP contribution in [-0.2, 0) is 4.79 Å². The standard InChI is InChI=1S/C14H15NO3S/c1-2-14(7-12(17)18)9-19-13(15-14)11-5-3-10(8-16)4-6-11/h3-6,8H,2,7,9H2,1H3,(H,17,18). The van der Waals surface area contributed by atoms with Gasteiger partial charge in [0.05, 0.1) is 17.0 Å². The molecule has 0 aliphatic carbocycles. The summed E-state index contributed by atoms with van der Waals surface area (Å²) in [7, 11) is 0. The van der Waals surface area contributed by atoms with Gasteiger partial charge in [-0.25, -0.2) is 0 Å². The first-order chi connectivity index (χ1) is 9.08. The molecule has 4 nitrogen and oxygen atoms in total. The van der Waals surface area contributed by atoms with Gasteiger partial charge in [0, 0.05) is 16.9 Å². The Morgan fingerprint density at radius 2 is 2.16 bits per heavy atom. The highest BCUT2D eigenvalue weighted by molar-refractivity contribution is 8.14. The molecule has 5 heteroatoms. The van der Waals surface area contributed by atoms with Crippen LogP contribution in [0.4, 0.5) is 0 Å². The third kappa shape index (κ3) is 3.04. The lowest BCUT2D eigenvalue weighted by Crippen LogP contribution is -2.29. The Labute approximate surface area is 115 Å². The number of benzene rings is 1. The number of carboxylic acids is 1. The summed E-state index contributed by atoms with van der Waals surface area (Å²) in [5, 5.41) is 9.84. The van der Waals surface area contributed by atoms with Crippen molar-refractivity contribution in [3.05, 3.63) is 35.4 Å². The van der Waals surface area contributed by atoms with Crippen LogP contribution in [0.1, 0.15) is 35.7 Å². The fourth-order valence-electron chi connectivity index (χ4n) is 2.01. The minimum atomic E-state index is -0.816. The molecule has 1 N–H and O–H groups in total. The van der Waals surface area contributed by atoms with Gasteiger partial charge in [-0.1, -0.05) is 31.2 Å². The second-order valence-electron chi connectivity index (χ2n) is 4.59. The molecule has 0 fully saturated rings. The van der Waals surface area contributed by atoms with Crippen LogP contribution in [0.2, 0.25) is 0 Å². The van der Waals surface area contributed by atoms with Crippen LogP contribution in [0.5, 0.6) is 0 Å². The van der Waals surface area contributed by atoms with Crippen LogP contribution in [0.25, 0.3) is 0 Å². The molecule has 1 heterocycles. The monoisotopic (exact) mass is 277 g/mol. The second-order valence-corrected chi connectivity index (χ2v) is 5.56. The first kappa shape index (κ1) is 13.8.